The van der Waals surface area contributed by atoms with Crippen LogP contribution in [-0.4, -0.2) is 51.3 Å². The van der Waals surface area contributed by atoms with Crippen molar-refractivity contribution in [3.63, 3.8) is 0 Å². The number of aryl methyl sites for hydroxylation is 1. The average Bonchev–Trinajstić information content (AvgIpc) is 3.36. The van der Waals surface area contributed by atoms with Crippen LogP contribution in [0.15, 0.2) is 64.3 Å². The molecule has 8 nitrogen and oxygen atoms in total. The Balaban J connectivity index is 1.33. The molecule has 1 aromatic carbocycles. The highest BCUT2D eigenvalue weighted by molar-refractivity contribution is 5.57. The molecular formula is C28H30FN5O3. The predicted molar refractivity (Wildman–Crippen MR) is 138 cm³/mol. The van der Waals surface area contributed by atoms with Gasteiger partial charge in [-0.25, -0.2) is 14.4 Å². The molecule has 5 rings (SSSR count). The maximum atomic E-state index is 14.6. The normalized spacial score (nSPS) is 15.6. The van der Waals surface area contributed by atoms with Crippen molar-refractivity contribution < 1.29 is 13.7 Å². The summed E-state index contributed by atoms with van der Waals surface area (Å²) in [5.41, 5.74) is 2.02. The standard InChI is InChI=1S/C28H30FN5O3/c1-18-11-26(37-32-18)23-13-25(29)28(35)34(16-23)19(2)21-5-4-6-22(12-21)27-30-14-24(15-31-27)36-17-20-7-9-33(3)10-8-20/h4-6,11-16,19-20H,7-10,17H2,1-3H3. The van der Waals surface area contributed by atoms with E-state index in [9.17, 15) is 9.18 Å². The first kappa shape index (κ1) is 24.8. The number of benzene rings is 1. The lowest BCUT2D eigenvalue weighted by Crippen LogP contribution is -2.32. The molecule has 1 saturated heterocycles. The Morgan fingerprint density at radius 1 is 1.14 bits per heavy atom. The van der Waals surface area contributed by atoms with Crippen molar-refractivity contribution in [3.05, 3.63) is 82.4 Å². The number of hydrogen-bond donors (Lipinski definition) is 0. The van der Waals surface area contributed by atoms with Gasteiger partial charge in [0.05, 0.1) is 30.7 Å². The van der Waals surface area contributed by atoms with E-state index in [0.29, 0.717) is 41.1 Å². The number of hydrogen-bond acceptors (Lipinski definition) is 7. The van der Waals surface area contributed by atoms with Gasteiger partial charge in [0.15, 0.2) is 23.2 Å². The second-order valence-electron chi connectivity index (χ2n) is 9.72. The van der Waals surface area contributed by atoms with Crippen molar-refractivity contribution in [1.29, 1.82) is 0 Å². The largest absolute Gasteiger partial charge is 0.490 e. The third-order valence-corrected chi connectivity index (χ3v) is 6.91. The SMILES string of the molecule is Cc1cc(-c2cc(F)c(=O)n(C(C)c3cccc(-c4ncc(OCC5CCN(C)CC5)cn4)c3)c2)on1. The molecule has 1 aliphatic heterocycles. The highest BCUT2D eigenvalue weighted by atomic mass is 19.1. The topological polar surface area (TPSA) is 86.3 Å². The molecule has 0 saturated carbocycles. The summed E-state index contributed by atoms with van der Waals surface area (Å²) in [6.45, 7) is 6.49. The van der Waals surface area contributed by atoms with E-state index in [1.165, 1.54) is 10.6 Å². The summed E-state index contributed by atoms with van der Waals surface area (Å²) in [4.78, 5) is 24.0. The molecule has 4 heterocycles. The number of halogens is 1. The first-order chi connectivity index (χ1) is 17.9. The van der Waals surface area contributed by atoms with E-state index < -0.39 is 17.4 Å². The van der Waals surface area contributed by atoms with E-state index in [1.54, 1.807) is 31.6 Å². The van der Waals surface area contributed by atoms with E-state index in [4.69, 9.17) is 9.26 Å². The minimum absolute atomic E-state index is 0.401. The van der Waals surface area contributed by atoms with E-state index >= 15 is 0 Å². The van der Waals surface area contributed by atoms with Gasteiger partial charge in [-0.3, -0.25) is 4.79 Å². The second-order valence-corrected chi connectivity index (χ2v) is 9.72. The molecule has 192 valence electrons. The fraction of sp³-hybridized carbons (Fsp3) is 0.357. The zero-order valence-corrected chi connectivity index (χ0v) is 21.2. The number of piperidine rings is 1. The minimum Gasteiger partial charge on any atom is -0.490 e. The number of likely N-dealkylation sites (tertiary alicyclic amines) is 1. The van der Waals surface area contributed by atoms with Crippen molar-refractivity contribution in [2.75, 3.05) is 26.7 Å². The van der Waals surface area contributed by atoms with Crippen molar-refractivity contribution >= 4 is 0 Å². The molecule has 9 heteroatoms. The van der Waals surface area contributed by atoms with Crippen LogP contribution in [0.1, 0.15) is 37.1 Å². The number of pyridine rings is 1. The van der Waals surface area contributed by atoms with Crippen LogP contribution < -0.4 is 10.3 Å². The maximum absolute atomic E-state index is 14.6. The molecule has 0 aliphatic carbocycles. The minimum atomic E-state index is -0.853. The first-order valence-corrected chi connectivity index (χ1v) is 12.5. The van der Waals surface area contributed by atoms with Crippen LogP contribution in [-0.2, 0) is 0 Å². The summed E-state index contributed by atoms with van der Waals surface area (Å²) < 4.78 is 27.1. The summed E-state index contributed by atoms with van der Waals surface area (Å²) in [7, 11) is 2.15. The van der Waals surface area contributed by atoms with Gasteiger partial charge in [-0.2, -0.15) is 0 Å². The highest BCUT2D eigenvalue weighted by Gasteiger charge is 2.19. The molecule has 0 N–H and O–H groups in total. The van der Waals surface area contributed by atoms with Gasteiger partial charge in [-0.15, -0.1) is 0 Å². The lowest BCUT2D eigenvalue weighted by atomic mass is 9.98. The quantitative estimate of drug-likeness (QED) is 0.360. The summed E-state index contributed by atoms with van der Waals surface area (Å²) in [5, 5.41) is 3.86. The van der Waals surface area contributed by atoms with Crippen LogP contribution >= 0.6 is 0 Å². The second kappa shape index (κ2) is 10.6. The Morgan fingerprint density at radius 2 is 1.89 bits per heavy atom. The zero-order chi connectivity index (χ0) is 25.9. The average molecular weight is 504 g/mol. The van der Waals surface area contributed by atoms with Crippen molar-refractivity contribution in [2.24, 2.45) is 5.92 Å². The smallest absolute Gasteiger partial charge is 0.287 e. The number of rotatable bonds is 7. The van der Waals surface area contributed by atoms with Crippen LogP contribution in [0.5, 0.6) is 5.75 Å². The Bertz CT molecular complexity index is 1420. The molecule has 1 unspecified atom stereocenters. The van der Waals surface area contributed by atoms with Gasteiger partial charge in [-0.05, 0) is 70.4 Å². The fourth-order valence-corrected chi connectivity index (χ4v) is 4.57. The van der Waals surface area contributed by atoms with Gasteiger partial charge in [-0.1, -0.05) is 23.4 Å². The Kier molecular flexibility index (Phi) is 7.14. The van der Waals surface area contributed by atoms with Crippen molar-refractivity contribution in [2.45, 2.75) is 32.7 Å². The molecule has 3 aromatic heterocycles. The fourth-order valence-electron chi connectivity index (χ4n) is 4.57. The third kappa shape index (κ3) is 5.61. The molecule has 4 aromatic rings. The van der Waals surface area contributed by atoms with Crippen LogP contribution in [0.25, 0.3) is 22.7 Å². The molecule has 1 aliphatic rings. The number of nitrogens with zero attached hydrogens (tertiary/aromatic N) is 5. The summed E-state index contributed by atoms with van der Waals surface area (Å²) in [5.74, 6) is 1.29. The van der Waals surface area contributed by atoms with Crippen LogP contribution in [0, 0.1) is 18.7 Å². The lowest BCUT2D eigenvalue weighted by molar-refractivity contribution is 0.159. The Hall–Kier alpha value is -3.85. The third-order valence-electron chi connectivity index (χ3n) is 6.91. The lowest BCUT2D eigenvalue weighted by Gasteiger charge is -2.28. The van der Waals surface area contributed by atoms with Crippen LogP contribution in [0.3, 0.4) is 0 Å². The van der Waals surface area contributed by atoms with Crippen molar-refractivity contribution in [1.82, 2.24) is 24.6 Å². The van der Waals surface area contributed by atoms with Crippen LogP contribution in [0.2, 0.25) is 0 Å². The van der Waals surface area contributed by atoms with Gasteiger partial charge >= 0.3 is 0 Å². The zero-order valence-electron chi connectivity index (χ0n) is 21.2. The summed E-state index contributed by atoms with van der Waals surface area (Å²) in [6.07, 6.45) is 7.24. The van der Waals surface area contributed by atoms with Gasteiger partial charge < -0.3 is 18.7 Å². The van der Waals surface area contributed by atoms with E-state index in [0.717, 1.165) is 37.1 Å². The van der Waals surface area contributed by atoms with E-state index in [1.807, 2.05) is 31.2 Å². The number of aromatic nitrogens is 4. The Morgan fingerprint density at radius 3 is 2.59 bits per heavy atom. The molecule has 1 atom stereocenters. The molecule has 37 heavy (non-hydrogen) atoms. The first-order valence-electron chi connectivity index (χ1n) is 12.5. The predicted octanol–water partition coefficient (Wildman–Crippen LogP) is 4.74. The van der Waals surface area contributed by atoms with Gasteiger partial charge in [0, 0.05) is 23.4 Å². The highest BCUT2D eigenvalue weighted by Crippen LogP contribution is 2.26. The molecular weight excluding hydrogens is 473 g/mol. The van der Waals surface area contributed by atoms with Gasteiger partial charge in [0.1, 0.15) is 0 Å². The molecule has 0 amide bonds. The maximum Gasteiger partial charge on any atom is 0.287 e. The number of ether oxygens (including phenoxy) is 1. The molecule has 0 spiro atoms. The Labute approximate surface area is 214 Å². The monoisotopic (exact) mass is 503 g/mol. The molecule has 0 radical (unpaired) electrons. The molecule has 0 bridgehead atoms. The molecule has 1 fully saturated rings. The van der Waals surface area contributed by atoms with E-state index in [-0.39, 0.29) is 0 Å². The van der Waals surface area contributed by atoms with Crippen molar-refractivity contribution in [3.8, 4) is 28.5 Å². The van der Waals surface area contributed by atoms with Gasteiger partial charge in [0.25, 0.3) is 5.56 Å². The summed E-state index contributed by atoms with van der Waals surface area (Å²) in [6, 6.07) is 10.0. The van der Waals surface area contributed by atoms with Gasteiger partial charge in [0.2, 0.25) is 0 Å². The van der Waals surface area contributed by atoms with E-state index in [2.05, 4.69) is 27.1 Å². The van der Waals surface area contributed by atoms with Crippen LogP contribution in [0.4, 0.5) is 4.39 Å². The summed E-state index contributed by atoms with van der Waals surface area (Å²) >= 11 is 0.